The second kappa shape index (κ2) is 6.88. The highest BCUT2D eigenvalue weighted by atomic mass is 79.9. The first-order valence-corrected chi connectivity index (χ1v) is 6.98. The van der Waals surface area contributed by atoms with E-state index < -0.39 is 0 Å². The van der Waals surface area contributed by atoms with E-state index in [0.717, 1.165) is 15.7 Å². The van der Waals surface area contributed by atoms with Crippen LogP contribution in [0.2, 0.25) is 0 Å². The fraction of sp³-hybridized carbons (Fsp3) is 0.462. The smallest absolute Gasteiger partial charge is 0.242 e. The number of nitrogens with one attached hydrogen (secondary N) is 1. The third kappa shape index (κ3) is 3.92. The van der Waals surface area contributed by atoms with Gasteiger partial charge in [-0.2, -0.15) is 0 Å². The van der Waals surface area contributed by atoms with Crippen molar-refractivity contribution in [2.24, 2.45) is 0 Å². The summed E-state index contributed by atoms with van der Waals surface area (Å²) in [6.45, 7) is 2.74. The number of carbonyl (C=O) groups is 1. The Balaban J connectivity index is 1.92. The van der Waals surface area contributed by atoms with Gasteiger partial charge in [-0.05, 0) is 33.6 Å². The lowest BCUT2D eigenvalue weighted by molar-refractivity contribution is -0.133. The molecule has 1 heterocycles. The predicted octanol–water partition coefficient (Wildman–Crippen LogP) is 1.21. The summed E-state index contributed by atoms with van der Waals surface area (Å²) in [5, 5.41) is 12.2. The fourth-order valence-electron chi connectivity index (χ4n) is 1.90. The molecule has 0 saturated carbocycles. The van der Waals surface area contributed by atoms with Crippen molar-refractivity contribution in [3.05, 3.63) is 28.2 Å². The van der Waals surface area contributed by atoms with Crippen molar-refractivity contribution < 1.29 is 14.6 Å². The second-order valence-corrected chi connectivity index (χ2v) is 5.17. The van der Waals surface area contributed by atoms with Crippen molar-refractivity contribution in [2.75, 3.05) is 38.2 Å². The van der Waals surface area contributed by atoms with Crippen LogP contribution in [0.1, 0.15) is 5.56 Å². The average Bonchev–Trinajstić information content (AvgIpc) is 2.47. The van der Waals surface area contributed by atoms with E-state index in [1.54, 1.807) is 4.90 Å². The summed E-state index contributed by atoms with van der Waals surface area (Å²) in [6.07, 6.45) is 0. The molecule has 5 nitrogen and oxygen atoms in total. The Morgan fingerprint density at radius 1 is 1.42 bits per heavy atom. The van der Waals surface area contributed by atoms with Crippen LogP contribution in [0, 0.1) is 0 Å². The highest BCUT2D eigenvalue weighted by Crippen LogP contribution is 2.23. The molecule has 1 aliphatic heterocycles. The average molecular weight is 329 g/mol. The Bertz CT molecular complexity index is 448. The maximum Gasteiger partial charge on any atom is 0.242 e. The zero-order chi connectivity index (χ0) is 13.7. The summed E-state index contributed by atoms with van der Waals surface area (Å²) in [5.41, 5.74) is 1.62. The summed E-state index contributed by atoms with van der Waals surface area (Å²) in [5.74, 6) is 0.0598. The van der Waals surface area contributed by atoms with Gasteiger partial charge in [0, 0.05) is 23.2 Å². The molecular formula is C13H17BrN2O3. The molecule has 1 fully saturated rings. The van der Waals surface area contributed by atoms with Crippen LogP contribution in [-0.2, 0) is 16.1 Å². The summed E-state index contributed by atoms with van der Waals surface area (Å²) in [4.78, 5) is 13.8. The van der Waals surface area contributed by atoms with Gasteiger partial charge in [0.05, 0.1) is 26.4 Å². The first-order chi connectivity index (χ1) is 9.20. The molecule has 2 rings (SSSR count). The molecule has 1 aliphatic rings. The van der Waals surface area contributed by atoms with Crippen LogP contribution in [-0.4, -0.2) is 48.8 Å². The lowest BCUT2D eigenvalue weighted by Gasteiger charge is -2.27. The quantitative estimate of drug-likeness (QED) is 0.872. The number of nitrogens with zero attached hydrogens (tertiary/aromatic N) is 1. The zero-order valence-electron chi connectivity index (χ0n) is 10.6. The summed E-state index contributed by atoms with van der Waals surface area (Å²) < 4.78 is 6.09. The van der Waals surface area contributed by atoms with Gasteiger partial charge in [0.1, 0.15) is 0 Å². The van der Waals surface area contributed by atoms with Gasteiger partial charge in [-0.15, -0.1) is 0 Å². The Labute approximate surface area is 120 Å². The van der Waals surface area contributed by atoms with Crippen LogP contribution in [0.5, 0.6) is 0 Å². The third-order valence-corrected chi connectivity index (χ3v) is 3.70. The normalized spacial score (nSPS) is 15.4. The minimum atomic E-state index is -0.0145. The molecule has 0 radical (unpaired) electrons. The Morgan fingerprint density at radius 2 is 2.16 bits per heavy atom. The fourth-order valence-corrected chi connectivity index (χ4v) is 2.29. The number of amides is 1. The van der Waals surface area contributed by atoms with Gasteiger partial charge >= 0.3 is 0 Å². The highest BCUT2D eigenvalue weighted by Gasteiger charge is 2.16. The maximum absolute atomic E-state index is 12.0. The first-order valence-electron chi connectivity index (χ1n) is 6.19. The Kier molecular flexibility index (Phi) is 5.18. The van der Waals surface area contributed by atoms with Crippen LogP contribution in [0.4, 0.5) is 5.69 Å². The minimum Gasteiger partial charge on any atom is -0.392 e. The van der Waals surface area contributed by atoms with Crippen LogP contribution >= 0.6 is 15.9 Å². The van der Waals surface area contributed by atoms with E-state index in [9.17, 15) is 4.79 Å². The molecule has 0 spiro atoms. The van der Waals surface area contributed by atoms with Crippen molar-refractivity contribution in [1.29, 1.82) is 0 Å². The number of anilines is 1. The Morgan fingerprint density at radius 3 is 2.84 bits per heavy atom. The van der Waals surface area contributed by atoms with Gasteiger partial charge in [-0.25, -0.2) is 0 Å². The number of rotatable bonds is 4. The van der Waals surface area contributed by atoms with Gasteiger partial charge in [0.25, 0.3) is 0 Å². The monoisotopic (exact) mass is 328 g/mol. The van der Waals surface area contributed by atoms with Crippen LogP contribution in [0.25, 0.3) is 0 Å². The van der Waals surface area contributed by atoms with E-state index in [2.05, 4.69) is 21.2 Å². The van der Waals surface area contributed by atoms with E-state index >= 15 is 0 Å². The molecule has 1 saturated heterocycles. The predicted molar refractivity (Wildman–Crippen MR) is 76.0 cm³/mol. The standard InChI is InChI=1S/C13H17BrN2O3/c14-11-2-1-10(9-17)7-12(11)15-8-13(18)16-3-5-19-6-4-16/h1-2,7,15,17H,3-6,8-9H2. The largest absolute Gasteiger partial charge is 0.392 e. The van der Waals surface area contributed by atoms with Crippen LogP contribution < -0.4 is 5.32 Å². The number of halogens is 1. The lowest BCUT2D eigenvalue weighted by atomic mass is 10.2. The number of hydrogen-bond acceptors (Lipinski definition) is 4. The topological polar surface area (TPSA) is 61.8 Å². The molecule has 0 aliphatic carbocycles. The highest BCUT2D eigenvalue weighted by molar-refractivity contribution is 9.10. The number of morpholine rings is 1. The van der Waals surface area contributed by atoms with Gasteiger partial charge in [-0.3, -0.25) is 4.79 Å². The number of ether oxygens (including phenoxy) is 1. The molecule has 0 atom stereocenters. The van der Waals surface area contributed by atoms with Gasteiger partial charge in [-0.1, -0.05) is 6.07 Å². The van der Waals surface area contributed by atoms with E-state index in [-0.39, 0.29) is 19.1 Å². The molecule has 6 heteroatoms. The maximum atomic E-state index is 12.0. The molecule has 1 aromatic rings. The summed E-state index contributed by atoms with van der Waals surface area (Å²) >= 11 is 3.42. The number of benzene rings is 1. The van der Waals surface area contributed by atoms with Gasteiger partial charge < -0.3 is 20.1 Å². The molecule has 104 valence electrons. The lowest BCUT2D eigenvalue weighted by Crippen LogP contribution is -2.43. The number of aliphatic hydroxyl groups excluding tert-OH is 1. The van der Waals surface area contributed by atoms with E-state index in [1.807, 2.05) is 18.2 Å². The molecule has 19 heavy (non-hydrogen) atoms. The molecule has 1 aromatic carbocycles. The molecule has 2 N–H and O–H groups in total. The van der Waals surface area contributed by atoms with E-state index in [4.69, 9.17) is 9.84 Å². The van der Waals surface area contributed by atoms with Crippen molar-refractivity contribution in [1.82, 2.24) is 4.90 Å². The van der Waals surface area contributed by atoms with Crippen molar-refractivity contribution in [2.45, 2.75) is 6.61 Å². The molecular weight excluding hydrogens is 312 g/mol. The molecule has 1 amide bonds. The van der Waals surface area contributed by atoms with E-state index in [0.29, 0.717) is 26.3 Å². The number of hydrogen-bond donors (Lipinski definition) is 2. The molecule has 0 unspecified atom stereocenters. The van der Waals surface area contributed by atoms with Gasteiger partial charge in [0.2, 0.25) is 5.91 Å². The number of aliphatic hydroxyl groups is 1. The van der Waals surface area contributed by atoms with Crippen molar-refractivity contribution in [3.8, 4) is 0 Å². The van der Waals surface area contributed by atoms with Crippen molar-refractivity contribution >= 4 is 27.5 Å². The molecule has 0 aromatic heterocycles. The third-order valence-electron chi connectivity index (χ3n) is 3.01. The second-order valence-electron chi connectivity index (χ2n) is 4.32. The SMILES string of the molecule is O=C(CNc1cc(CO)ccc1Br)N1CCOCC1. The Hall–Kier alpha value is -1.11. The van der Waals surface area contributed by atoms with Crippen molar-refractivity contribution in [3.63, 3.8) is 0 Å². The summed E-state index contributed by atoms with van der Waals surface area (Å²) in [7, 11) is 0. The van der Waals surface area contributed by atoms with Crippen LogP contribution in [0.3, 0.4) is 0 Å². The zero-order valence-corrected chi connectivity index (χ0v) is 12.1. The van der Waals surface area contributed by atoms with E-state index in [1.165, 1.54) is 0 Å². The van der Waals surface area contributed by atoms with Crippen LogP contribution in [0.15, 0.2) is 22.7 Å². The summed E-state index contributed by atoms with van der Waals surface area (Å²) in [6, 6.07) is 5.52. The minimum absolute atomic E-state index is 0.0145. The first kappa shape index (κ1) is 14.3. The van der Waals surface area contributed by atoms with Gasteiger partial charge in [0.15, 0.2) is 0 Å². The number of carbonyl (C=O) groups excluding carboxylic acids is 1. The molecule has 0 bridgehead atoms.